The highest BCUT2D eigenvalue weighted by atomic mass is 15.3. The number of hydrogen-bond donors (Lipinski definition) is 2. The topological polar surface area (TPSA) is 57.5 Å². The van der Waals surface area contributed by atoms with E-state index in [1.54, 1.807) is 0 Å². The van der Waals surface area contributed by atoms with Gasteiger partial charge in [0, 0.05) is 52.2 Å². The van der Waals surface area contributed by atoms with Crippen LogP contribution < -0.4 is 10.6 Å². The summed E-state index contributed by atoms with van der Waals surface area (Å²) in [6, 6.07) is 19.2. The van der Waals surface area contributed by atoms with Gasteiger partial charge in [0.15, 0.2) is 5.96 Å². The maximum Gasteiger partial charge on any atom is 0.191 e. The number of benzene rings is 2. The molecule has 162 valence electrons. The molecule has 31 heavy (non-hydrogen) atoms. The van der Waals surface area contributed by atoms with Crippen LogP contribution in [-0.2, 0) is 26.1 Å². The second kappa shape index (κ2) is 10.8. The van der Waals surface area contributed by atoms with Crippen molar-refractivity contribution in [3.63, 3.8) is 0 Å². The summed E-state index contributed by atoms with van der Waals surface area (Å²) in [5.74, 6) is 0.845. The number of nitrogens with one attached hydrogen (secondary N) is 2. The zero-order valence-electron chi connectivity index (χ0n) is 18.3. The van der Waals surface area contributed by atoms with E-state index < -0.39 is 0 Å². The lowest BCUT2D eigenvalue weighted by atomic mass is 10.00. The molecule has 1 aliphatic heterocycles. The molecule has 2 N–H and O–H groups in total. The summed E-state index contributed by atoms with van der Waals surface area (Å²) >= 11 is 0. The molecule has 0 spiro atoms. The first-order valence-corrected chi connectivity index (χ1v) is 11.1. The lowest BCUT2D eigenvalue weighted by Gasteiger charge is -2.28. The molecule has 0 saturated carbocycles. The minimum Gasteiger partial charge on any atom is -0.356 e. The largest absolute Gasteiger partial charge is 0.356 e. The van der Waals surface area contributed by atoms with Crippen LogP contribution in [-0.4, -0.2) is 47.3 Å². The van der Waals surface area contributed by atoms with Gasteiger partial charge in [0.05, 0.1) is 6.54 Å². The van der Waals surface area contributed by atoms with E-state index in [0.717, 1.165) is 58.1 Å². The van der Waals surface area contributed by atoms with Crippen molar-refractivity contribution >= 4 is 5.96 Å². The molecule has 3 aromatic rings. The molecular weight excluding hydrogens is 384 g/mol. The molecule has 4 rings (SSSR count). The summed E-state index contributed by atoms with van der Waals surface area (Å²) in [7, 11) is 1.83. The summed E-state index contributed by atoms with van der Waals surface area (Å²) < 4.78 is 1.95. The number of aliphatic imine (C=N–C) groups is 1. The Kier molecular flexibility index (Phi) is 7.34. The van der Waals surface area contributed by atoms with Crippen molar-refractivity contribution in [2.45, 2.75) is 32.5 Å². The minimum absolute atomic E-state index is 0.736. The molecule has 6 nitrogen and oxygen atoms in total. The Morgan fingerprint density at radius 3 is 2.61 bits per heavy atom. The van der Waals surface area contributed by atoms with Crippen LogP contribution in [0.1, 0.15) is 28.7 Å². The fourth-order valence-electron chi connectivity index (χ4n) is 4.11. The third kappa shape index (κ3) is 5.95. The van der Waals surface area contributed by atoms with Crippen molar-refractivity contribution in [3.8, 4) is 0 Å². The van der Waals surface area contributed by atoms with Crippen molar-refractivity contribution in [2.75, 3.05) is 26.7 Å². The predicted octanol–water partition coefficient (Wildman–Crippen LogP) is 3.04. The fourth-order valence-corrected chi connectivity index (χ4v) is 4.11. The fraction of sp³-hybridized carbons (Fsp3) is 0.360. The number of nitrogens with zero attached hydrogens (tertiary/aromatic N) is 4. The highest BCUT2D eigenvalue weighted by molar-refractivity contribution is 5.79. The molecule has 1 aromatic heterocycles. The number of guanidine groups is 1. The molecule has 0 radical (unpaired) electrons. The molecule has 0 fully saturated rings. The third-order valence-corrected chi connectivity index (χ3v) is 5.83. The van der Waals surface area contributed by atoms with Gasteiger partial charge < -0.3 is 10.6 Å². The van der Waals surface area contributed by atoms with Crippen molar-refractivity contribution in [3.05, 3.63) is 89.2 Å². The lowest BCUT2D eigenvalue weighted by molar-refractivity contribution is 0.251. The van der Waals surface area contributed by atoms with E-state index in [9.17, 15) is 0 Å². The normalized spacial score (nSPS) is 14.3. The Morgan fingerprint density at radius 2 is 1.81 bits per heavy atom. The van der Waals surface area contributed by atoms with Gasteiger partial charge in [-0.3, -0.25) is 14.6 Å². The van der Waals surface area contributed by atoms with E-state index in [-0.39, 0.29) is 0 Å². The van der Waals surface area contributed by atoms with Crippen molar-refractivity contribution in [1.29, 1.82) is 0 Å². The average Bonchev–Trinajstić information content (AvgIpc) is 3.32. The molecule has 0 aliphatic carbocycles. The molecule has 6 heteroatoms. The van der Waals surface area contributed by atoms with E-state index in [2.05, 4.69) is 74.2 Å². The van der Waals surface area contributed by atoms with Gasteiger partial charge >= 0.3 is 0 Å². The van der Waals surface area contributed by atoms with Gasteiger partial charge in [0.1, 0.15) is 0 Å². The molecule has 0 bridgehead atoms. The molecule has 1 aliphatic rings. The lowest BCUT2D eigenvalue weighted by Crippen LogP contribution is -2.39. The monoisotopic (exact) mass is 416 g/mol. The predicted molar refractivity (Wildman–Crippen MR) is 126 cm³/mol. The number of fused-ring (bicyclic) bond motifs is 1. The van der Waals surface area contributed by atoms with Crippen molar-refractivity contribution in [2.24, 2.45) is 4.99 Å². The molecule has 0 atom stereocenters. The first-order valence-electron chi connectivity index (χ1n) is 11.1. The van der Waals surface area contributed by atoms with E-state index in [1.165, 1.54) is 22.3 Å². The van der Waals surface area contributed by atoms with Crippen molar-refractivity contribution < 1.29 is 0 Å². The van der Waals surface area contributed by atoms with Gasteiger partial charge in [-0.05, 0) is 41.2 Å². The zero-order chi connectivity index (χ0) is 21.3. The van der Waals surface area contributed by atoms with Gasteiger partial charge in [0.25, 0.3) is 0 Å². The smallest absolute Gasteiger partial charge is 0.191 e. The van der Waals surface area contributed by atoms with Gasteiger partial charge in [0.2, 0.25) is 0 Å². The zero-order valence-corrected chi connectivity index (χ0v) is 18.3. The maximum absolute atomic E-state index is 4.39. The summed E-state index contributed by atoms with van der Waals surface area (Å²) in [6.45, 7) is 5.74. The third-order valence-electron chi connectivity index (χ3n) is 5.83. The first-order chi connectivity index (χ1) is 15.3. The molecule has 2 aromatic carbocycles. The summed E-state index contributed by atoms with van der Waals surface area (Å²) in [5.41, 5.74) is 5.51. The Bertz CT molecular complexity index is 979. The highest BCUT2D eigenvalue weighted by Crippen LogP contribution is 2.18. The van der Waals surface area contributed by atoms with E-state index >= 15 is 0 Å². The molecule has 0 unspecified atom stereocenters. The van der Waals surface area contributed by atoms with E-state index in [1.807, 2.05) is 30.2 Å². The second-order valence-electron chi connectivity index (χ2n) is 7.97. The van der Waals surface area contributed by atoms with Crippen LogP contribution in [0.2, 0.25) is 0 Å². The van der Waals surface area contributed by atoms with E-state index in [4.69, 9.17) is 0 Å². The Labute approximate surface area is 185 Å². The molecular formula is C25H32N6. The SMILES string of the molecule is CN=C(NCCCN1CCc2ccccc2C1)NCc1ccccc1Cn1cccn1. The van der Waals surface area contributed by atoms with Gasteiger partial charge in [-0.25, -0.2) is 0 Å². The van der Waals surface area contributed by atoms with Crippen molar-refractivity contribution in [1.82, 2.24) is 25.3 Å². The average molecular weight is 417 g/mol. The standard InChI is InChI=1S/C25H32N6/c1-26-25(27-13-6-15-30-17-12-21-8-2-4-10-23(21)19-30)28-18-22-9-3-5-11-24(22)20-31-16-7-14-29-31/h2-5,7-11,14,16H,6,12-13,15,17-20H2,1H3,(H2,26,27,28). The first kappa shape index (κ1) is 21.1. The Balaban J connectivity index is 1.20. The second-order valence-corrected chi connectivity index (χ2v) is 7.97. The Hall–Kier alpha value is -3.12. The summed E-state index contributed by atoms with van der Waals surface area (Å²) in [6.07, 6.45) is 6.06. The van der Waals surface area contributed by atoms with Crippen LogP contribution >= 0.6 is 0 Å². The van der Waals surface area contributed by atoms with Gasteiger partial charge in [-0.15, -0.1) is 0 Å². The number of aromatic nitrogens is 2. The van der Waals surface area contributed by atoms with Crippen LogP contribution in [0.5, 0.6) is 0 Å². The molecule has 0 saturated heterocycles. The van der Waals surface area contributed by atoms with Crippen LogP contribution in [0.15, 0.2) is 72.0 Å². The number of rotatable bonds is 8. The van der Waals surface area contributed by atoms with Gasteiger partial charge in [-0.1, -0.05) is 48.5 Å². The quantitative estimate of drug-likeness (QED) is 0.337. The van der Waals surface area contributed by atoms with E-state index in [0.29, 0.717) is 0 Å². The van der Waals surface area contributed by atoms with Crippen LogP contribution in [0.3, 0.4) is 0 Å². The molecule has 2 heterocycles. The summed E-state index contributed by atoms with van der Waals surface area (Å²) in [5, 5.41) is 11.2. The maximum atomic E-state index is 4.39. The van der Waals surface area contributed by atoms with Crippen LogP contribution in [0.4, 0.5) is 0 Å². The van der Waals surface area contributed by atoms with Crippen LogP contribution in [0.25, 0.3) is 0 Å². The summed E-state index contributed by atoms with van der Waals surface area (Å²) in [4.78, 5) is 6.93. The highest BCUT2D eigenvalue weighted by Gasteiger charge is 2.14. The molecule has 0 amide bonds. The van der Waals surface area contributed by atoms with Crippen LogP contribution in [0, 0.1) is 0 Å². The van der Waals surface area contributed by atoms with Gasteiger partial charge in [-0.2, -0.15) is 5.10 Å². The Morgan fingerprint density at radius 1 is 1.00 bits per heavy atom. The minimum atomic E-state index is 0.736. The number of hydrogen-bond acceptors (Lipinski definition) is 3.